The van der Waals surface area contributed by atoms with Crippen LogP contribution in [0, 0.1) is 0 Å². The predicted octanol–water partition coefficient (Wildman–Crippen LogP) is -0.722. The maximum absolute atomic E-state index is 8.88. The lowest BCUT2D eigenvalue weighted by Crippen LogP contribution is -1.66. The van der Waals surface area contributed by atoms with Crippen LogP contribution >= 0.6 is 16.9 Å². The zero-order chi connectivity index (χ0) is 6.50. The average molecular weight is 147 g/mol. The van der Waals surface area contributed by atoms with E-state index in [4.69, 9.17) is 23.8 Å². The molecule has 1 unspecified atom stereocenters. The van der Waals surface area contributed by atoms with Crippen molar-refractivity contribution in [2.75, 3.05) is 0 Å². The molecule has 1 atom stereocenters. The Balaban J connectivity index is 0. The van der Waals surface area contributed by atoms with E-state index in [2.05, 4.69) is 0 Å². The molecule has 0 aromatic carbocycles. The van der Waals surface area contributed by atoms with E-state index in [0.29, 0.717) is 0 Å². The van der Waals surface area contributed by atoms with Crippen molar-refractivity contribution in [3.05, 3.63) is 0 Å². The highest BCUT2D eigenvalue weighted by Crippen LogP contribution is 2.25. The highest BCUT2D eigenvalue weighted by atomic mass is 31.2. The Hall–Kier alpha value is 0.210. The first kappa shape index (κ1) is 10.2. The number of phosphoric acid groups is 1. The van der Waals surface area contributed by atoms with E-state index in [-0.39, 0.29) is 0 Å². The van der Waals surface area contributed by atoms with E-state index in [9.17, 15) is 0 Å². The van der Waals surface area contributed by atoms with Crippen LogP contribution in [0.1, 0.15) is 0 Å². The van der Waals surface area contributed by atoms with Crippen molar-refractivity contribution in [2.24, 2.45) is 0 Å². The molecular formula is H5O5P2+. The molecule has 0 spiro atoms. The summed E-state index contributed by atoms with van der Waals surface area (Å²) in [6.45, 7) is 0. The minimum atomic E-state index is -4.64. The largest absolute Gasteiger partial charge is 0.466 e. The first-order chi connectivity index (χ1) is 3.00. The lowest BCUT2D eigenvalue weighted by atomic mass is 15.8. The van der Waals surface area contributed by atoms with Crippen LogP contribution in [0.15, 0.2) is 0 Å². The van der Waals surface area contributed by atoms with Gasteiger partial charge in [-0.05, 0) is 0 Å². The van der Waals surface area contributed by atoms with Gasteiger partial charge in [-0.2, -0.15) is 0 Å². The van der Waals surface area contributed by atoms with E-state index in [1.165, 1.54) is 9.12 Å². The van der Waals surface area contributed by atoms with Crippen molar-refractivity contribution < 1.29 is 23.8 Å². The molecule has 7 heavy (non-hydrogen) atoms. The number of rotatable bonds is 0. The average Bonchev–Trinajstić information content (AvgIpc) is 1.36. The van der Waals surface area contributed by atoms with Crippen molar-refractivity contribution >= 4 is 16.9 Å². The molecule has 0 heterocycles. The molecule has 0 aliphatic rings. The standard InChI is InChI=1S/H3O4P.H2OP/c1-5(2,3)4;1-2/h(H3,1,2,3,4);2H2/q;+1. The second-order valence-electron chi connectivity index (χ2n) is 0.513. The summed E-state index contributed by atoms with van der Waals surface area (Å²) >= 11 is 0. The number of hydrogen-bond acceptors (Lipinski definition) is 2. The summed E-state index contributed by atoms with van der Waals surface area (Å²) in [6.07, 6.45) is 0. The van der Waals surface area contributed by atoms with Crippen LogP contribution in [0.5, 0.6) is 0 Å². The lowest BCUT2D eigenvalue weighted by molar-refractivity contribution is 0.275. The zero-order valence-electron chi connectivity index (χ0n) is 3.18. The summed E-state index contributed by atoms with van der Waals surface area (Å²) in [5, 5.41) is 0. The Morgan fingerprint density at radius 1 is 1.14 bits per heavy atom. The van der Waals surface area contributed by atoms with Gasteiger partial charge in [0.1, 0.15) is 0 Å². The molecule has 0 aliphatic carbocycles. The fourth-order valence-electron chi connectivity index (χ4n) is 0. The molecule has 0 rings (SSSR count). The van der Waals surface area contributed by atoms with E-state index in [1.54, 1.807) is 0 Å². The van der Waals surface area contributed by atoms with Gasteiger partial charge in [0.05, 0.1) is 0 Å². The molecule has 7 heteroatoms. The molecule has 0 aromatic heterocycles. The third-order valence-corrected chi connectivity index (χ3v) is 0. The molecule has 44 valence electrons. The van der Waals surface area contributed by atoms with Gasteiger partial charge in [-0.15, -0.1) is 0 Å². The van der Waals surface area contributed by atoms with Gasteiger partial charge < -0.3 is 14.7 Å². The Kier molecular flexibility index (Phi) is 6.40. The van der Waals surface area contributed by atoms with Crippen molar-refractivity contribution in [2.45, 2.75) is 0 Å². The summed E-state index contributed by atoms with van der Waals surface area (Å²) < 4.78 is 17.0. The van der Waals surface area contributed by atoms with Gasteiger partial charge >= 0.3 is 16.9 Å². The Bertz CT molecular complexity index is 61.9. The third kappa shape index (κ3) is 2500. The Morgan fingerprint density at radius 3 is 1.14 bits per heavy atom. The van der Waals surface area contributed by atoms with Crippen LogP contribution in [-0.2, 0) is 9.13 Å². The van der Waals surface area contributed by atoms with Gasteiger partial charge in [-0.1, -0.05) is 4.57 Å². The first-order valence-corrected chi connectivity index (χ1v) is 3.05. The smallest absolute Gasteiger partial charge is 0.303 e. The predicted molar refractivity (Wildman–Crippen MR) is 24.7 cm³/mol. The maximum atomic E-state index is 8.88. The SMILES string of the molecule is O=P(O)(O)O.O=[PH2+]. The fraction of sp³-hybridized carbons (Fsp3) is 0. The summed E-state index contributed by atoms with van der Waals surface area (Å²) in [5.74, 6) is 0. The van der Waals surface area contributed by atoms with Crippen molar-refractivity contribution in [1.82, 2.24) is 0 Å². The first-order valence-electron chi connectivity index (χ1n) is 1.02. The lowest BCUT2D eigenvalue weighted by Gasteiger charge is -1.82. The summed E-state index contributed by atoms with van der Waals surface area (Å²) in [4.78, 5) is 21.6. The molecule has 0 bridgehead atoms. The fourth-order valence-corrected chi connectivity index (χ4v) is 0. The molecule has 3 N–H and O–H groups in total. The molecule has 0 aromatic rings. The van der Waals surface area contributed by atoms with Crippen molar-refractivity contribution in [1.29, 1.82) is 0 Å². The van der Waals surface area contributed by atoms with Gasteiger partial charge in [0.15, 0.2) is 0 Å². The minimum Gasteiger partial charge on any atom is -0.303 e. The van der Waals surface area contributed by atoms with E-state index in [0.717, 1.165) is 0 Å². The van der Waals surface area contributed by atoms with Crippen LogP contribution in [-0.4, -0.2) is 14.7 Å². The van der Waals surface area contributed by atoms with E-state index < -0.39 is 7.82 Å². The quantitative estimate of drug-likeness (QED) is 0.393. The highest BCUT2D eigenvalue weighted by Gasteiger charge is 2.00. The Labute approximate surface area is 41.8 Å². The minimum absolute atomic E-state index is 1.17. The molecule has 0 saturated heterocycles. The second kappa shape index (κ2) is 4.37. The molecule has 0 radical (unpaired) electrons. The molecule has 0 saturated carbocycles. The van der Waals surface area contributed by atoms with Gasteiger partial charge in [-0.25, -0.2) is 4.57 Å². The van der Waals surface area contributed by atoms with Crippen LogP contribution < -0.4 is 0 Å². The van der Waals surface area contributed by atoms with Gasteiger partial charge in [0.2, 0.25) is 0 Å². The van der Waals surface area contributed by atoms with Crippen molar-refractivity contribution in [3.63, 3.8) is 0 Å². The Morgan fingerprint density at radius 2 is 1.14 bits per heavy atom. The monoisotopic (exact) mass is 147 g/mol. The molecule has 0 amide bonds. The normalized spacial score (nSPS) is 9.00. The van der Waals surface area contributed by atoms with Crippen LogP contribution in [0.2, 0.25) is 0 Å². The summed E-state index contributed by atoms with van der Waals surface area (Å²) in [7, 11) is -3.47. The molecule has 5 nitrogen and oxygen atoms in total. The third-order valence-electron chi connectivity index (χ3n) is 0. The van der Waals surface area contributed by atoms with Crippen LogP contribution in [0.3, 0.4) is 0 Å². The highest BCUT2D eigenvalue weighted by molar-refractivity contribution is 7.45. The maximum Gasteiger partial charge on any atom is 0.466 e. The summed E-state index contributed by atoms with van der Waals surface area (Å²) in [5.41, 5.74) is 0. The van der Waals surface area contributed by atoms with Gasteiger partial charge in [0, 0.05) is 0 Å². The second-order valence-corrected chi connectivity index (χ2v) is 1.54. The van der Waals surface area contributed by atoms with Gasteiger partial charge in [0.25, 0.3) is 0 Å². The molecular weight excluding hydrogens is 142 g/mol. The molecule has 0 fully saturated rings. The topological polar surface area (TPSA) is 94.8 Å². The van der Waals surface area contributed by atoms with E-state index in [1.807, 2.05) is 0 Å². The number of hydrogen-bond donors (Lipinski definition) is 3. The van der Waals surface area contributed by atoms with Gasteiger partial charge in [-0.3, -0.25) is 0 Å². The van der Waals surface area contributed by atoms with Crippen LogP contribution in [0.25, 0.3) is 0 Å². The van der Waals surface area contributed by atoms with Crippen LogP contribution in [0.4, 0.5) is 0 Å². The summed E-state index contributed by atoms with van der Waals surface area (Å²) in [6, 6.07) is 0. The molecule has 0 aliphatic heterocycles. The van der Waals surface area contributed by atoms with E-state index >= 15 is 0 Å². The zero-order valence-corrected chi connectivity index (χ0v) is 5.23. The van der Waals surface area contributed by atoms with Crippen molar-refractivity contribution in [3.8, 4) is 0 Å².